The van der Waals surface area contributed by atoms with Crippen LogP contribution in [0.5, 0.6) is 0 Å². The van der Waals surface area contributed by atoms with Crippen LogP contribution in [-0.2, 0) is 4.79 Å². The molecule has 1 fully saturated rings. The molecule has 2 rings (SSSR count). The zero-order chi connectivity index (χ0) is 14.5. The first-order valence-corrected chi connectivity index (χ1v) is 7.11. The quantitative estimate of drug-likeness (QED) is 0.671. The van der Waals surface area contributed by atoms with Gasteiger partial charge in [-0.15, -0.1) is 0 Å². The van der Waals surface area contributed by atoms with E-state index in [4.69, 9.17) is 0 Å². The van der Waals surface area contributed by atoms with Gasteiger partial charge in [-0.1, -0.05) is 19.3 Å². The van der Waals surface area contributed by atoms with Crippen molar-refractivity contribution in [3.05, 3.63) is 33.9 Å². The average molecular weight is 276 g/mol. The van der Waals surface area contributed by atoms with Gasteiger partial charge < -0.3 is 5.32 Å². The molecule has 1 aliphatic rings. The van der Waals surface area contributed by atoms with Gasteiger partial charge in [-0.05, 0) is 37.8 Å². The molecule has 1 aliphatic carbocycles. The van der Waals surface area contributed by atoms with Crippen LogP contribution in [0.1, 0.15) is 44.1 Å². The summed E-state index contributed by atoms with van der Waals surface area (Å²) in [7, 11) is 0. The van der Waals surface area contributed by atoms with Gasteiger partial charge in [0.05, 0.1) is 4.92 Å². The van der Waals surface area contributed by atoms with Gasteiger partial charge in [-0.3, -0.25) is 14.9 Å². The number of benzene rings is 1. The molecule has 1 N–H and O–H groups in total. The fraction of sp³-hybridized carbons (Fsp3) is 0.533. The Labute approximate surface area is 118 Å². The Bertz CT molecular complexity index is 508. The van der Waals surface area contributed by atoms with E-state index in [0.717, 1.165) is 12.8 Å². The standard InChI is InChI=1S/C15H20N2O3/c1-11-9-13(7-8-14(11)17(19)20)16-15(18)10-12-5-3-2-4-6-12/h7-9,12H,2-6,10H2,1H3,(H,16,18). The first-order chi connectivity index (χ1) is 9.56. The van der Waals surface area contributed by atoms with Crippen LogP contribution in [-0.4, -0.2) is 10.8 Å². The van der Waals surface area contributed by atoms with Crippen molar-refractivity contribution in [3.63, 3.8) is 0 Å². The Kier molecular flexibility index (Phi) is 4.71. The van der Waals surface area contributed by atoms with Crippen LogP contribution in [0.15, 0.2) is 18.2 Å². The number of carbonyl (C=O) groups is 1. The molecule has 1 amide bonds. The minimum atomic E-state index is -0.414. The summed E-state index contributed by atoms with van der Waals surface area (Å²) in [5.41, 5.74) is 1.27. The lowest BCUT2D eigenvalue weighted by molar-refractivity contribution is -0.385. The van der Waals surface area contributed by atoms with E-state index in [1.54, 1.807) is 19.1 Å². The van der Waals surface area contributed by atoms with E-state index in [0.29, 0.717) is 23.6 Å². The van der Waals surface area contributed by atoms with Gasteiger partial charge in [0, 0.05) is 23.7 Å². The highest BCUT2D eigenvalue weighted by atomic mass is 16.6. The maximum absolute atomic E-state index is 12.0. The largest absolute Gasteiger partial charge is 0.326 e. The number of amides is 1. The molecule has 5 heteroatoms. The predicted molar refractivity (Wildman–Crippen MR) is 77.7 cm³/mol. The van der Waals surface area contributed by atoms with Crippen LogP contribution in [0.25, 0.3) is 0 Å². The SMILES string of the molecule is Cc1cc(NC(=O)CC2CCCCC2)ccc1[N+](=O)[O-]. The number of nitro groups is 1. The summed E-state index contributed by atoms with van der Waals surface area (Å²) in [6.45, 7) is 1.68. The lowest BCUT2D eigenvalue weighted by atomic mass is 9.87. The van der Waals surface area contributed by atoms with Crippen molar-refractivity contribution in [2.75, 3.05) is 5.32 Å². The highest BCUT2D eigenvalue weighted by Crippen LogP contribution is 2.27. The molecule has 1 saturated carbocycles. The molecule has 20 heavy (non-hydrogen) atoms. The minimum absolute atomic E-state index is 0.00477. The molecular formula is C15H20N2O3. The fourth-order valence-corrected chi connectivity index (χ4v) is 2.80. The third-order valence-electron chi connectivity index (χ3n) is 3.88. The average Bonchev–Trinajstić information content (AvgIpc) is 2.39. The molecule has 0 aliphatic heterocycles. The molecule has 108 valence electrons. The second kappa shape index (κ2) is 6.50. The van der Waals surface area contributed by atoms with Crippen molar-refractivity contribution in [3.8, 4) is 0 Å². The van der Waals surface area contributed by atoms with Crippen LogP contribution in [0, 0.1) is 23.0 Å². The van der Waals surface area contributed by atoms with Crippen molar-refractivity contribution < 1.29 is 9.72 Å². The summed E-state index contributed by atoms with van der Waals surface area (Å²) >= 11 is 0. The number of hydrogen-bond acceptors (Lipinski definition) is 3. The van der Waals surface area contributed by atoms with Gasteiger partial charge in [0.25, 0.3) is 5.69 Å². The van der Waals surface area contributed by atoms with Crippen LogP contribution in [0.2, 0.25) is 0 Å². The van der Waals surface area contributed by atoms with Gasteiger partial charge in [-0.25, -0.2) is 0 Å². The van der Waals surface area contributed by atoms with Crippen LogP contribution >= 0.6 is 0 Å². The molecule has 0 radical (unpaired) electrons. The Morgan fingerprint density at radius 3 is 2.65 bits per heavy atom. The number of aryl methyl sites for hydroxylation is 1. The maximum atomic E-state index is 12.0. The van der Waals surface area contributed by atoms with Gasteiger partial charge in [0.2, 0.25) is 5.91 Å². The van der Waals surface area contributed by atoms with Crippen LogP contribution < -0.4 is 5.32 Å². The molecular weight excluding hydrogens is 256 g/mol. The van der Waals surface area contributed by atoms with E-state index in [2.05, 4.69) is 5.32 Å². The summed E-state index contributed by atoms with van der Waals surface area (Å²) in [6.07, 6.45) is 6.53. The van der Waals surface area contributed by atoms with Gasteiger partial charge in [0.1, 0.15) is 0 Å². The molecule has 0 atom stereocenters. The lowest BCUT2D eigenvalue weighted by Crippen LogP contribution is -2.18. The molecule has 1 aromatic carbocycles. The van der Waals surface area contributed by atoms with Crippen LogP contribution in [0.4, 0.5) is 11.4 Å². The van der Waals surface area contributed by atoms with E-state index in [1.807, 2.05) is 0 Å². The number of rotatable bonds is 4. The molecule has 0 spiro atoms. The van der Waals surface area contributed by atoms with Gasteiger partial charge in [0.15, 0.2) is 0 Å². The third kappa shape index (κ3) is 3.79. The second-order valence-corrected chi connectivity index (χ2v) is 5.51. The van der Waals surface area contributed by atoms with E-state index < -0.39 is 4.92 Å². The van der Waals surface area contributed by atoms with Crippen molar-refractivity contribution in [1.29, 1.82) is 0 Å². The van der Waals surface area contributed by atoms with Crippen molar-refractivity contribution in [2.45, 2.75) is 45.4 Å². The lowest BCUT2D eigenvalue weighted by Gasteiger charge is -2.20. The monoisotopic (exact) mass is 276 g/mol. The number of hydrogen-bond donors (Lipinski definition) is 1. The molecule has 1 aromatic rings. The Morgan fingerprint density at radius 1 is 1.35 bits per heavy atom. The van der Waals surface area contributed by atoms with Crippen molar-refractivity contribution in [2.24, 2.45) is 5.92 Å². The smallest absolute Gasteiger partial charge is 0.272 e. The summed E-state index contributed by atoms with van der Waals surface area (Å²) in [4.78, 5) is 22.3. The van der Waals surface area contributed by atoms with Crippen LogP contribution in [0.3, 0.4) is 0 Å². The van der Waals surface area contributed by atoms with Crippen molar-refractivity contribution >= 4 is 17.3 Å². The Balaban J connectivity index is 1.93. The van der Waals surface area contributed by atoms with E-state index in [-0.39, 0.29) is 11.6 Å². The molecule has 0 heterocycles. The second-order valence-electron chi connectivity index (χ2n) is 5.51. The normalized spacial score (nSPS) is 15.8. The summed E-state index contributed by atoms with van der Waals surface area (Å²) in [6, 6.07) is 4.67. The highest BCUT2D eigenvalue weighted by Gasteiger charge is 2.17. The predicted octanol–water partition coefficient (Wildman–Crippen LogP) is 3.81. The van der Waals surface area contributed by atoms with E-state index in [1.165, 1.54) is 25.3 Å². The van der Waals surface area contributed by atoms with E-state index >= 15 is 0 Å². The summed E-state index contributed by atoms with van der Waals surface area (Å²) in [5.74, 6) is 0.494. The molecule has 5 nitrogen and oxygen atoms in total. The third-order valence-corrected chi connectivity index (χ3v) is 3.88. The molecule has 0 bridgehead atoms. The van der Waals surface area contributed by atoms with E-state index in [9.17, 15) is 14.9 Å². The summed E-state index contributed by atoms with van der Waals surface area (Å²) in [5, 5.41) is 13.6. The fourth-order valence-electron chi connectivity index (χ4n) is 2.80. The number of carbonyl (C=O) groups excluding carboxylic acids is 1. The first-order valence-electron chi connectivity index (χ1n) is 7.11. The first kappa shape index (κ1) is 14.5. The number of anilines is 1. The number of nitrogens with one attached hydrogen (secondary N) is 1. The zero-order valence-corrected chi connectivity index (χ0v) is 11.7. The number of nitro benzene ring substituents is 1. The maximum Gasteiger partial charge on any atom is 0.272 e. The molecule has 0 aromatic heterocycles. The minimum Gasteiger partial charge on any atom is -0.326 e. The zero-order valence-electron chi connectivity index (χ0n) is 11.7. The number of nitrogens with zero attached hydrogens (tertiary/aromatic N) is 1. The van der Waals surface area contributed by atoms with Gasteiger partial charge >= 0.3 is 0 Å². The van der Waals surface area contributed by atoms with Crippen molar-refractivity contribution in [1.82, 2.24) is 0 Å². The highest BCUT2D eigenvalue weighted by molar-refractivity contribution is 5.91. The summed E-state index contributed by atoms with van der Waals surface area (Å²) < 4.78 is 0. The Morgan fingerprint density at radius 2 is 2.05 bits per heavy atom. The molecule has 0 unspecified atom stereocenters. The Hall–Kier alpha value is -1.91. The topological polar surface area (TPSA) is 72.2 Å². The molecule has 0 saturated heterocycles. The van der Waals surface area contributed by atoms with Gasteiger partial charge in [-0.2, -0.15) is 0 Å².